The molecule has 2 atom stereocenters. The van der Waals surface area contributed by atoms with Gasteiger partial charge in [0.15, 0.2) is 0 Å². The van der Waals surface area contributed by atoms with Gasteiger partial charge in [0.2, 0.25) is 0 Å². The van der Waals surface area contributed by atoms with Gasteiger partial charge in [0.1, 0.15) is 0 Å². The van der Waals surface area contributed by atoms with E-state index in [1.807, 2.05) is 13.8 Å². The van der Waals surface area contributed by atoms with Crippen molar-refractivity contribution in [1.82, 2.24) is 0 Å². The summed E-state index contributed by atoms with van der Waals surface area (Å²) in [5.74, 6) is 0.262. The molecule has 3 N–H and O–H groups in total. The third-order valence-corrected chi connectivity index (χ3v) is 2.48. The van der Waals surface area contributed by atoms with Gasteiger partial charge < -0.3 is 10.8 Å². The van der Waals surface area contributed by atoms with Crippen LogP contribution in [0.25, 0.3) is 0 Å². The molecular weight excluding hydrogens is 126 g/mol. The standard InChI is InChI=1S/C8H19NO/c1-6(7(2)10)8(3,4)5-9/h6-7,10H,5,9H2,1-4H3. The molecule has 0 spiro atoms. The Morgan fingerprint density at radius 2 is 1.80 bits per heavy atom. The first-order valence-corrected chi connectivity index (χ1v) is 3.80. The van der Waals surface area contributed by atoms with Crippen LogP contribution in [0.4, 0.5) is 0 Å². The second kappa shape index (κ2) is 3.35. The van der Waals surface area contributed by atoms with E-state index >= 15 is 0 Å². The van der Waals surface area contributed by atoms with Crippen molar-refractivity contribution in [3.05, 3.63) is 0 Å². The van der Waals surface area contributed by atoms with Crippen LogP contribution >= 0.6 is 0 Å². The van der Waals surface area contributed by atoms with Gasteiger partial charge in [-0.2, -0.15) is 0 Å². The van der Waals surface area contributed by atoms with E-state index in [1.165, 1.54) is 0 Å². The lowest BCUT2D eigenvalue weighted by Gasteiger charge is -2.32. The van der Waals surface area contributed by atoms with Gasteiger partial charge in [-0.3, -0.25) is 0 Å². The molecule has 0 bridgehead atoms. The zero-order valence-electron chi connectivity index (χ0n) is 7.39. The van der Waals surface area contributed by atoms with E-state index < -0.39 is 0 Å². The highest BCUT2D eigenvalue weighted by Gasteiger charge is 2.27. The molecular formula is C8H19NO. The SMILES string of the molecule is CC(O)C(C)C(C)(C)CN. The van der Waals surface area contributed by atoms with Crippen molar-refractivity contribution in [1.29, 1.82) is 0 Å². The van der Waals surface area contributed by atoms with Crippen LogP contribution in [0, 0.1) is 11.3 Å². The van der Waals surface area contributed by atoms with E-state index in [9.17, 15) is 5.11 Å². The van der Waals surface area contributed by atoms with Gasteiger partial charge in [-0.25, -0.2) is 0 Å². The molecule has 0 aliphatic rings. The lowest BCUT2D eigenvalue weighted by Crippen LogP contribution is -2.36. The van der Waals surface area contributed by atoms with Crippen LogP contribution in [0.3, 0.4) is 0 Å². The molecule has 0 heterocycles. The molecule has 0 saturated heterocycles. The number of hydrogen-bond donors (Lipinski definition) is 2. The summed E-state index contributed by atoms with van der Waals surface area (Å²) < 4.78 is 0. The molecule has 2 heteroatoms. The fourth-order valence-electron chi connectivity index (χ4n) is 0.839. The smallest absolute Gasteiger partial charge is 0.0543 e. The molecule has 0 amide bonds. The highest BCUT2D eigenvalue weighted by Crippen LogP contribution is 2.27. The van der Waals surface area contributed by atoms with Gasteiger partial charge in [-0.05, 0) is 24.8 Å². The summed E-state index contributed by atoms with van der Waals surface area (Å²) in [6.07, 6.45) is -0.265. The van der Waals surface area contributed by atoms with E-state index in [0.717, 1.165) is 0 Å². The Labute approximate surface area is 63.4 Å². The first-order chi connectivity index (χ1) is 4.41. The van der Waals surface area contributed by atoms with E-state index in [1.54, 1.807) is 0 Å². The molecule has 0 fully saturated rings. The number of hydrogen-bond acceptors (Lipinski definition) is 2. The number of aliphatic hydroxyl groups excluding tert-OH is 1. The fourth-order valence-corrected chi connectivity index (χ4v) is 0.839. The number of aliphatic hydroxyl groups is 1. The molecule has 2 nitrogen and oxygen atoms in total. The van der Waals surface area contributed by atoms with Crippen LogP contribution < -0.4 is 5.73 Å². The predicted molar refractivity (Wildman–Crippen MR) is 43.7 cm³/mol. The van der Waals surface area contributed by atoms with Crippen LogP contribution in [0.2, 0.25) is 0 Å². The minimum Gasteiger partial charge on any atom is -0.393 e. The van der Waals surface area contributed by atoms with E-state index in [4.69, 9.17) is 5.73 Å². The van der Waals surface area contributed by atoms with Crippen LogP contribution in [-0.4, -0.2) is 17.8 Å². The molecule has 0 rings (SSSR count). The van der Waals surface area contributed by atoms with Crippen molar-refractivity contribution < 1.29 is 5.11 Å². The van der Waals surface area contributed by atoms with Gasteiger partial charge in [0.25, 0.3) is 0 Å². The Morgan fingerprint density at radius 3 is 1.90 bits per heavy atom. The molecule has 0 aromatic rings. The molecule has 0 radical (unpaired) electrons. The summed E-state index contributed by atoms with van der Waals surface area (Å²) in [6.45, 7) is 8.60. The number of nitrogens with two attached hydrogens (primary N) is 1. The van der Waals surface area contributed by atoms with Crippen molar-refractivity contribution in [2.24, 2.45) is 17.1 Å². The van der Waals surface area contributed by atoms with Crippen LogP contribution in [-0.2, 0) is 0 Å². The van der Waals surface area contributed by atoms with Crippen molar-refractivity contribution in [3.8, 4) is 0 Å². The maximum atomic E-state index is 9.23. The first-order valence-electron chi connectivity index (χ1n) is 3.80. The zero-order chi connectivity index (χ0) is 8.36. The lowest BCUT2D eigenvalue weighted by atomic mass is 9.77. The van der Waals surface area contributed by atoms with E-state index in [2.05, 4.69) is 13.8 Å². The highest BCUT2D eigenvalue weighted by molar-refractivity contribution is 4.78. The Morgan fingerprint density at radius 1 is 1.40 bits per heavy atom. The van der Waals surface area contributed by atoms with E-state index in [0.29, 0.717) is 6.54 Å². The quantitative estimate of drug-likeness (QED) is 0.622. The first kappa shape index (κ1) is 9.92. The van der Waals surface area contributed by atoms with Gasteiger partial charge in [-0.1, -0.05) is 20.8 Å². The topological polar surface area (TPSA) is 46.2 Å². The zero-order valence-corrected chi connectivity index (χ0v) is 7.39. The fraction of sp³-hybridized carbons (Fsp3) is 1.00. The van der Waals surface area contributed by atoms with Crippen LogP contribution in [0.15, 0.2) is 0 Å². The second-order valence-corrected chi connectivity index (χ2v) is 3.72. The molecule has 0 aliphatic heterocycles. The van der Waals surface area contributed by atoms with Gasteiger partial charge >= 0.3 is 0 Å². The summed E-state index contributed by atoms with van der Waals surface area (Å²) in [5.41, 5.74) is 5.58. The normalized spacial score (nSPS) is 18.6. The van der Waals surface area contributed by atoms with Gasteiger partial charge in [-0.15, -0.1) is 0 Å². The molecule has 62 valence electrons. The van der Waals surface area contributed by atoms with Crippen molar-refractivity contribution in [3.63, 3.8) is 0 Å². The molecule has 0 saturated carbocycles. The van der Waals surface area contributed by atoms with E-state index in [-0.39, 0.29) is 17.4 Å². The Bertz CT molecular complexity index is 99.4. The number of rotatable bonds is 3. The van der Waals surface area contributed by atoms with Gasteiger partial charge in [0.05, 0.1) is 6.10 Å². The van der Waals surface area contributed by atoms with Crippen LogP contribution in [0.1, 0.15) is 27.7 Å². The van der Waals surface area contributed by atoms with Gasteiger partial charge in [0, 0.05) is 0 Å². The Hall–Kier alpha value is -0.0800. The summed E-state index contributed by atoms with van der Waals surface area (Å²) in [7, 11) is 0. The average molecular weight is 145 g/mol. The van der Waals surface area contributed by atoms with Crippen molar-refractivity contribution in [2.45, 2.75) is 33.8 Å². The maximum absolute atomic E-state index is 9.23. The minimum absolute atomic E-state index is 0.0498. The summed E-state index contributed by atoms with van der Waals surface area (Å²) >= 11 is 0. The minimum atomic E-state index is -0.265. The van der Waals surface area contributed by atoms with Crippen LogP contribution in [0.5, 0.6) is 0 Å². The lowest BCUT2D eigenvalue weighted by molar-refractivity contribution is 0.0632. The maximum Gasteiger partial charge on any atom is 0.0543 e. The van der Waals surface area contributed by atoms with Crippen molar-refractivity contribution >= 4 is 0 Å². The Balaban J connectivity index is 4.03. The summed E-state index contributed by atoms with van der Waals surface area (Å²) in [5, 5.41) is 9.23. The molecule has 0 aromatic carbocycles. The monoisotopic (exact) mass is 145 g/mol. The predicted octanol–water partition coefficient (Wildman–Crippen LogP) is 0.988. The van der Waals surface area contributed by atoms with Crippen molar-refractivity contribution in [2.75, 3.05) is 6.54 Å². The molecule has 0 aromatic heterocycles. The third kappa shape index (κ3) is 2.27. The third-order valence-electron chi connectivity index (χ3n) is 2.48. The Kier molecular flexibility index (Phi) is 3.33. The summed E-state index contributed by atoms with van der Waals surface area (Å²) in [4.78, 5) is 0. The second-order valence-electron chi connectivity index (χ2n) is 3.72. The molecule has 2 unspecified atom stereocenters. The largest absolute Gasteiger partial charge is 0.393 e. The average Bonchev–Trinajstić information content (AvgIpc) is 1.86. The summed E-state index contributed by atoms with van der Waals surface area (Å²) in [6, 6.07) is 0. The molecule has 0 aliphatic carbocycles. The highest BCUT2D eigenvalue weighted by atomic mass is 16.3. The molecule has 10 heavy (non-hydrogen) atoms.